The lowest BCUT2D eigenvalue weighted by atomic mass is 9.78. The van der Waals surface area contributed by atoms with E-state index >= 15 is 0 Å². The highest BCUT2D eigenvalue weighted by Gasteiger charge is 2.38. The smallest absolute Gasteiger partial charge is 0.289 e. The lowest BCUT2D eigenvalue weighted by Crippen LogP contribution is -2.44. The van der Waals surface area contributed by atoms with E-state index in [0.29, 0.717) is 18.5 Å². The number of hydrogen-bond acceptors (Lipinski definition) is 5. The molecule has 8 heteroatoms. The van der Waals surface area contributed by atoms with Gasteiger partial charge in [-0.15, -0.1) is 0 Å². The maximum atomic E-state index is 12.6. The van der Waals surface area contributed by atoms with E-state index in [2.05, 4.69) is 10.0 Å². The van der Waals surface area contributed by atoms with Gasteiger partial charge >= 0.3 is 0 Å². The molecule has 3 rings (SSSR count). The van der Waals surface area contributed by atoms with E-state index in [4.69, 9.17) is 4.42 Å². The van der Waals surface area contributed by atoms with E-state index in [1.54, 1.807) is 25.7 Å². The standard InChI is InChI=1S/C17H27N3O4S/c1-16(2,3)19-25(22,23)14-5-4-13(24-14)15(21)20-10-7-17(8-11-20)6-9-18-12-17/h4-5,18-19H,6-12H2,1-3H3. The van der Waals surface area contributed by atoms with E-state index in [-0.39, 0.29) is 16.8 Å². The van der Waals surface area contributed by atoms with Crippen molar-refractivity contribution in [2.24, 2.45) is 5.41 Å². The molecular formula is C17H27N3O4S. The highest BCUT2D eigenvalue weighted by molar-refractivity contribution is 7.89. The molecule has 140 valence electrons. The Labute approximate surface area is 149 Å². The second kappa shape index (κ2) is 6.41. The molecule has 2 aliphatic rings. The molecule has 0 unspecified atom stereocenters. The number of sulfonamides is 1. The zero-order chi connectivity index (χ0) is 18.3. The van der Waals surface area contributed by atoms with E-state index < -0.39 is 15.6 Å². The molecule has 0 saturated carbocycles. The van der Waals surface area contributed by atoms with E-state index in [0.717, 1.165) is 32.4 Å². The summed E-state index contributed by atoms with van der Waals surface area (Å²) >= 11 is 0. The Balaban J connectivity index is 1.67. The van der Waals surface area contributed by atoms with E-state index in [9.17, 15) is 13.2 Å². The fourth-order valence-corrected chi connectivity index (χ4v) is 4.95. The van der Waals surface area contributed by atoms with Gasteiger partial charge in [-0.25, -0.2) is 13.1 Å². The number of furan rings is 1. The Hall–Kier alpha value is -1.38. The molecule has 1 spiro atoms. The number of nitrogens with zero attached hydrogens (tertiary/aromatic N) is 1. The highest BCUT2D eigenvalue weighted by atomic mass is 32.2. The van der Waals surface area contributed by atoms with Gasteiger partial charge in [0.2, 0.25) is 5.09 Å². The van der Waals surface area contributed by atoms with Crippen molar-refractivity contribution in [3.63, 3.8) is 0 Å². The number of rotatable bonds is 3. The van der Waals surface area contributed by atoms with E-state index in [1.165, 1.54) is 12.1 Å². The summed E-state index contributed by atoms with van der Waals surface area (Å²) in [6.45, 7) is 8.70. The van der Waals surface area contributed by atoms with Crippen molar-refractivity contribution in [1.82, 2.24) is 14.9 Å². The summed E-state index contributed by atoms with van der Waals surface area (Å²) < 4.78 is 32.5. The molecule has 1 aromatic heterocycles. The molecule has 7 nitrogen and oxygen atoms in total. The van der Waals surface area contributed by atoms with Gasteiger partial charge in [-0.05, 0) is 64.1 Å². The van der Waals surface area contributed by atoms with Gasteiger partial charge in [-0.3, -0.25) is 4.79 Å². The number of amides is 1. The van der Waals surface area contributed by atoms with Crippen molar-refractivity contribution >= 4 is 15.9 Å². The Bertz CT molecular complexity index is 732. The first-order valence-electron chi connectivity index (χ1n) is 8.74. The molecular weight excluding hydrogens is 342 g/mol. The SMILES string of the molecule is CC(C)(C)NS(=O)(=O)c1ccc(C(=O)N2CCC3(CCNC3)CC2)o1. The molecule has 0 aromatic carbocycles. The van der Waals surface area contributed by atoms with Crippen LogP contribution in [0.1, 0.15) is 50.6 Å². The van der Waals surface area contributed by atoms with Crippen molar-refractivity contribution in [2.75, 3.05) is 26.2 Å². The first-order valence-corrected chi connectivity index (χ1v) is 10.2. The fourth-order valence-electron chi connectivity index (χ4n) is 3.60. The Morgan fingerprint density at radius 3 is 2.48 bits per heavy atom. The second-order valence-corrected chi connectivity index (χ2v) is 9.81. The van der Waals surface area contributed by atoms with Crippen LogP contribution in [-0.2, 0) is 10.0 Å². The number of hydrogen-bond donors (Lipinski definition) is 2. The van der Waals surface area contributed by atoms with Gasteiger partial charge in [0.25, 0.3) is 15.9 Å². The maximum absolute atomic E-state index is 12.6. The number of carbonyl (C=O) groups excluding carboxylic acids is 1. The van der Waals surface area contributed by atoms with Crippen LogP contribution in [0.2, 0.25) is 0 Å². The largest absolute Gasteiger partial charge is 0.438 e. The number of piperidine rings is 1. The van der Waals surface area contributed by atoms with Crippen LogP contribution in [0.3, 0.4) is 0 Å². The average molecular weight is 369 g/mol. The summed E-state index contributed by atoms with van der Waals surface area (Å²) in [5.74, 6) is -0.159. The van der Waals surface area contributed by atoms with Crippen LogP contribution in [0.15, 0.2) is 21.6 Å². The third-order valence-electron chi connectivity index (χ3n) is 4.94. The molecule has 2 N–H and O–H groups in total. The summed E-state index contributed by atoms with van der Waals surface area (Å²) in [6.07, 6.45) is 3.11. The maximum Gasteiger partial charge on any atom is 0.289 e. The van der Waals surface area contributed by atoms with Gasteiger partial charge in [0, 0.05) is 25.2 Å². The number of nitrogens with one attached hydrogen (secondary N) is 2. The predicted octanol–water partition coefficient (Wildman–Crippen LogP) is 1.57. The normalized spacial score (nSPS) is 21.0. The van der Waals surface area contributed by atoms with Crippen LogP contribution in [-0.4, -0.2) is 50.9 Å². The van der Waals surface area contributed by atoms with Crippen LogP contribution >= 0.6 is 0 Å². The summed E-state index contributed by atoms with van der Waals surface area (Å²) in [7, 11) is -3.78. The van der Waals surface area contributed by atoms with Crippen LogP contribution in [0.5, 0.6) is 0 Å². The number of likely N-dealkylation sites (tertiary alicyclic amines) is 1. The molecule has 0 bridgehead atoms. The fraction of sp³-hybridized carbons (Fsp3) is 0.706. The molecule has 2 aliphatic heterocycles. The van der Waals surface area contributed by atoms with Crippen molar-refractivity contribution in [2.45, 2.75) is 50.7 Å². The molecule has 0 radical (unpaired) electrons. The molecule has 1 aromatic rings. The van der Waals surface area contributed by atoms with Gasteiger partial charge in [0.1, 0.15) is 0 Å². The lowest BCUT2D eigenvalue weighted by Gasteiger charge is -2.38. The Morgan fingerprint density at radius 1 is 1.24 bits per heavy atom. The third kappa shape index (κ3) is 4.07. The molecule has 2 fully saturated rings. The summed E-state index contributed by atoms with van der Waals surface area (Å²) in [4.78, 5) is 14.4. The van der Waals surface area contributed by atoms with Gasteiger partial charge < -0.3 is 14.6 Å². The highest BCUT2D eigenvalue weighted by Crippen LogP contribution is 2.37. The van der Waals surface area contributed by atoms with Crippen LogP contribution in [0, 0.1) is 5.41 Å². The van der Waals surface area contributed by atoms with Crippen molar-refractivity contribution in [1.29, 1.82) is 0 Å². The minimum absolute atomic E-state index is 0.0785. The van der Waals surface area contributed by atoms with Crippen molar-refractivity contribution in [3.05, 3.63) is 17.9 Å². The zero-order valence-corrected chi connectivity index (χ0v) is 15.9. The second-order valence-electron chi connectivity index (χ2n) is 8.19. The lowest BCUT2D eigenvalue weighted by molar-refractivity contribution is 0.0572. The first kappa shape index (κ1) is 18.4. The average Bonchev–Trinajstić information content (AvgIpc) is 3.15. The molecule has 1 amide bonds. The third-order valence-corrected chi connectivity index (χ3v) is 6.57. The Morgan fingerprint density at radius 2 is 1.92 bits per heavy atom. The van der Waals surface area contributed by atoms with Crippen LogP contribution in [0.4, 0.5) is 0 Å². The minimum Gasteiger partial charge on any atom is -0.438 e. The predicted molar refractivity (Wildman–Crippen MR) is 93.8 cm³/mol. The topological polar surface area (TPSA) is 91.7 Å². The van der Waals surface area contributed by atoms with Crippen LogP contribution < -0.4 is 10.0 Å². The summed E-state index contributed by atoms with van der Waals surface area (Å²) in [6, 6.07) is 2.79. The monoisotopic (exact) mass is 369 g/mol. The quantitative estimate of drug-likeness (QED) is 0.844. The molecule has 25 heavy (non-hydrogen) atoms. The Kier molecular flexibility index (Phi) is 4.72. The summed E-state index contributed by atoms with van der Waals surface area (Å²) in [5, 5.41) is 3.18. The zero-order valence-electron chi connectivity index (χ0n) is 15.1. The molecule has 0 aliphatic carbocycles. The van der Waals surface area contributed by atoms with E-state index in [1.807, 2.05) is 0 Å². The van der Waals surface area contributed by atoms with Crippen molar-refractivity contribution < 1.29 is 17.6 Å². The summed E-state index contributed by atoms with van der Waals surface area (Å²) in [5.41, 5.74) is -0.294. The molecule has 2 saturated heterocycles. The minimum atomic E-state index is -3.78. The van der Waals surface area contributed by atoms with Gasteiger partial charge in [-0.1, -0.05) is 0 Å². The van der Waals surface area contributed by atoms with Crippen molar-refractivity contribution in [3.8, 4) is 0 Å². The van der Waals surface area contributed by atoms with Gasteiger partial charge in [-0.2, -0.15) is 0 Å². The molecule has 0 atom stereocenters. The van der Waals surface area contributed by atoms with Gasteiger partial charge in [0.15, 0.2) is 5.76 Å². The molecule has 3 heterocycles. The van der Waals surface area contributed by atoms with Crippen LogP contribution in [0.25, 0.3) is 0 Å². The first-order chi connectivity index (χ1) is 11.6. The van der Waals surface area contributed by atoms with Gasteiger partial charge in [0.05, 0.1) is 0 Å². The number of carbonyl (C=O) groups is 1.